The number of carboxylic acids is 1. The highest BCUT2D eigenvalue weighted by Crippen LogP contribution is 2.33. The van der Waals surface area contributed by atoms with E-state index >= 15 is 0 Å². The maximum Gasteiger partial charge on any atom is 0.416 e. The summed E-state index contributed by atoms with van der Waals surface area (Å²) in [6, 6.07) is 4.20. The number of carbonyl (C=O) groups is 1. The molecule has 1 aromatic heterocycles. The fourth-order valence-electron chi connectivity index (χ4n) is 2.72. The lowest BCUT2D eigenvalue weighted by Crippen LogP contribution is -2.24. The average Bonchev–Trinajstić information content (AvgIpc) is 2.90. The minimum atomic E-state index is -4.42. The second kappa shape index (κ2) is 5.15. The van der Waals surface area contributed by atoms with Gasteiger partial charge in [0.1, 0.15) is 11.9 Å². The third-order valence-corrected chi connectivity index (χ3v) is 3.79. The molecule has 22 heavy (non-hydrogen) atoms. The smallest absolute Gasteiger partial charge is 0.416 e. The first-order valence-electron chi connectivity index (χ1n) is 6.84. The first-order chi connectivity index (χ1) is 10.4. The molecule has 1 aromatic carbocycles. The third kappa shape index (κ3) is 2.58. The van der Waals surface area contributed by atoms with Gasteiger partial charge >= 0.3 is 12.1 Å². The maximum atomic E-state index is 12.8. The van der Waals surface area contributed by atoms with Gasteiger partial charge in [-0.1, -0.05) is 12.1 Å². The molecule has 1 unspecified atom stereocenters. The summed E-state index contributed by atoms with van der Waals surface area (Å²) in [5.74, 6) is -0.347. The number of aromatic nitrogens is 2. The third-order valence-electron chi connectivity index (χ3n) is 3.79. The summed E-state index contributed by atoms with van der Waals surface area (Å²) in [5.41, 5.74) is -0.0409. The van der Waals surface area contributed by atoms with Crippen LogP contribution in [0.3, 0.4) is 0 Å². The van der Waals surface area contributed by atoms with Gasteiger partial charge in [-0.25, -0.2) is 9.78 Å². The Morgan fingerprint density at radius 3 is 2.82 bits per heavy atom. The van der Waals surface area contributed by atoms with Crippen LogP contribution in [0.1, 0.15) is 30.3 Å². The molecule has 0 spiro atoms. The number of aryl methyl sites for hydroxylation is 1. The lowest BCUT2D eigenvalue weighted by molar-refractivity contribution is -0.141. The number of rotatable bonds is 2. The first-order valence-corrected chi connectivity index (χ1v) is 6.84. The van der Waals surface area contributed by atoms with Gasteiger partial charge < -0.3 is 9.67 Å². The van der Waals surface area contributed by atoms with Crippen LogP contribution in [-0.2, 0) is 17.4 Å². The molecule has 0 saturated carbocycles. The van der Waals surface area contributed by atoms with Crippen LogP contribution in [0, 0.1) is 0 Å². The van der Waals surface area contributed by atoms with Gasteiger partial charge in [-0.2, -0.15) is 13.2 Å². The molecule has 1 atom stereocenters. The van der Waals surface area contributed by atoms with Crippen molar-refractivity contribution in [1.29, 1.82) is 0 Å². The molecule has 0 amide bonds. The molecule has 116 valence electrons. The van der Waals surface area contributed by atoms with Gasteiger partial charge in [-0.3, -0.25) is 0 Å². The summed E-state index contributed by atoms with van der Waals surface area (Å²) in [6.07, 6.45) is -1.05. The summed E-state index contributed by atoms with van der Waals surface area (Å²) in [6.45, 7) is 0. The second-order valence-corrected chi connectivity index (χ2v) is 5.27. The number of carboxylic acid groups (broad SMARTS) is 1. The highest BCUT2D eigenvalue weighted by molar-refractivity contribution is 5.72. The number of aliphatic carboxylic acids is 1. The van der Waals surface area contributed by atoms with Crippen molar-refractivity contribution in [2.45, 2.75) is 31.5 Å². The number of hydrogen-bond acceptors (Lipinski definition) is 2. The van der Waals surface area contributed by atoms with Crippen LogP contribution < -0.4 is 0 Å². The predicted molar refractivity (Wildman–Crippen MR) is 72.3 cm³/mol. The molecule has 2 aromatic rings. The van der Waals surface area contributed by atoms with Gasteiger partial charge in [0.15, 0.2) is 0 Å². The Labute approximate surface area is 124 Å². The van der Waals surface area contributed by atoms with Crippen LogP contribution in [0.15, 0.2) is 30.5 Å². The number of nitrogens with zero attached hydrogens (tertiary/aromatic N) is 2. The van der Waals surface area contributed by atoms with Crippen molar-refractivity contribution in [3.63, 3.8) is 0 Å². The SMILES string of the molecule is O=C(O)C1CCCc2nc(-c3cccc(C(F)(F)F)c3)cn21. The van der Waals surface area contributed by atoms with E-state index in [4.69, 9.17) is 0 Å². The molecule has 3 rings (SSSR count). The second-order valence-electron chi connectivity index (χ2n) is 5.27. The molecule has 0 bridgehead atoms. The monoisotopic (exact) mass is 310 g/mol. The zero-order chi connectivity index (χ0) is 15.9. The van der Waals surface area contributed by atoms with Gasteiger partial charge in [0.2, 0.25) is 0 Å². The summed E-state index contributed by atoms with van der Waals surface area (Å²) in [5, 5.41) is 9.22. The van der Waals surface area contributed by atoms with Crippen molar-refractivity contribution in [2.75, 3.05) is 0 Å². The van der Waals surface area contributed by atoms with Crippen LogP contribution >= 0.6 is 0 Å². The van der Waals surface area contributed by atoms with Gasteiger partial charge in [0.25, 0.3) is 0 Å². The number of benzene rings is 1. The molecule has 1 aliphatic rings. The Bertz CT molecular complexity index is 722. The van der Waals surface area contributed by atoms with E-state index in [1.165, 1.54) is 12.3 Å². The average molecular weight is 310 g/mol. The fraction of sp³-hybridized carbons (Fsp3) is 0.333. The summed E-state index contributed by atoms with van der Waals surface area (Å²) < 4.78 is 39.9. The molecule has 0 fully saturated rings. The number of alkyl halides is 3. The van der Waals surface area contributed by atoms with E-state index in [-0.39, 0.29) is 0 Å². The van der Waals surface area contributed by atoms with Crippen molar-refractivity contribution in [1.82, 2.24) is 9.55 Å². The number of halogens is 3. The van der Waals surface area contributed by atoms with Gasteiger partial charge in [-0.05, 0) is 25.0 Å². The van der Waals surface area contributed by atoms with E-state index in [1.807, 2.05) is 0 Å². The summed E-state index contributed by atoms with van der Waals surface area (Å²) in [7, 11) is 0. The Morgan fingerprint density at radius 2 is 2.14 bits per heavy atom. The van der Waals surface area contributed by atoms with Gasteiger partial charge in [-0.15, -0.1) is 0 Å². The standard InChI is InChI=1S/C15H13F3N2O2/c16-15(17,18)10-4-1-3-9(7-10)11-8-20-12(14(21)22)5-2-6-13(20)19-11/h1,3-4,7-8,12H,2,5-6H2,(H,21,22). The minimum Gasteiger partial charge on any atom is -0.480 e. The molecule has 0 saturated heterocycles. The molecule has 1 N–H and O–H groups in total. The molecule has 7 heteroatoms. The lowest BCUT2D eigenvalue weighted by Gasteiger charge is -2.20. The number of imidazole rings is 1. The van der Waals surface area contributed by atoms with Crippen LogP contribution in [0.5, 0.6) is 0 Å². The summed E-state index contributed by atoms with van der Waals surface area (Å²) >= 11 is 0. The molecule has 0 aliphatic carbocycles. The first kappa shape index (κ1) is 14.6. The van der Waals surface area contributed by atoms with E-state index in [1.54, 1.807) is 10.6 Å². The summed E-state index contributed by atoms with van der Waals surface area (Å²) in [4.78, 5) is 15.6. The number of fused-ring (bicyclic) bond motifs is 1. The largest absolute Gasteiger partial charge is 0.480 e. The van der Waals surface area contributed by atoms with Crippen molar-refractivity contribution in [3.05, 3.63) is 41.9 Å². The molecular formula is C15H13F3N2O2. The van der Waals surface area contributed by atoms with E-state index in [0.717, 1.165) is 12.1 Å². The predicted octanol–water partition coefficient (Wildman–Crippen LogP) is 3.53. The van der Waals surface area contributed by atoms with Crippen molar-refractivity contribution < 1.29 is 23.1 Å². The Morgan fingerprint density at radius 1 is 1.36 bits per heavy atom. The van der Waals surface area contributed by atoms with Gasteiger partial charge in [0, 0.05) is 18.2 Å². The van der Waals surface area contributed by atoms with E-state index in [9.17, 15) is 23.1 Å². The zero-order valence-corrected chi connectivity index (χ0v) is 11.5. The minimum absolute atomic E-state index is 0.334. The van der Waals surface area contributed by atoms with Crippen LogP contribution in [0.4, 0.5) is 13.2 Å². The van der Waals surface area contributed by atoms with E-state index in [0.29, 0.717) is 36.3 Å². The highest BCUT2D eigenvalue weighted by atomic mass is 19.4. The normalized spacial score (nSPS) is 18.0. The molecule has 0 radical (unpaired) electrons. The van der Waals surface area contributed by atoms with Crippen LogP contribution in [0.2, 0.25) is 0 Å². The lowest BCUT2D eigenvalue weighted by atomic mass is 10.1. The van der Waals surface area contributed by atoms with E-state index < -0.39 is 23.8 Å². The molecule has 4 nitrogen and oxygen atoms in total. The topological polar surface area (TPSA) is 55.1 Å². The Kier molecular flexibility index (Phi) is 3.42. The van der Waals surface area contributed by atoms with Crippen molar-refractivity contribution in [3.8, 4) is 11.3 Å². The number of hydrogen-bond donors (Lipinski definition) is 1. The van der Waals surface area contributed by atoms with Gasteiger partial charge in [0.05, 0.1) is 11.3 Å². The van der Waals surface area contributed by atoms with Crippen molar-refractivity contribution in [2.24, 2.45) is 0 Å². The van der Waals surface area contributed by atoms with E-state index in [2.05, 4.69) is 4.98 Å². The highest BCUT2D eigenvalue weighted by Gasteiger charge is 2.31. The molecule has 2 heterocycles. The molecule has 1 aliphatic heterocycles. The maximum absolute atomic E-state index is 12.8. The Balaban J connectivity index is 2.02. The van der Waals surface area contributed by atoms with Crippen LogP contribution in [0.25, 0.3) is 11.3 Å². The van der Waals surface area contributed by atoms with Crippen molar-refractivity contribution >= 4 is 5.97 Å². The quantitative estimate of drug-likeness (QED) is 0.923. The van der Waals surface area contributed by atoms with Crippen LogP contribution in [-0.4, -0.2) is 20.6 Å². The fourth-order valence-corrected chi connectivity index (χ4v) is 2.72. The Hall–Kier alpha value is -2.31. The molecular weight excluding hydrogens is 297 g/mol. The zero-order valence-electron chi connectivity index (χ0n) is 11.5.